The van der Waals surface area contributed by atoms with Gasteiger partial charge in [-0.1, -0.05) is 30.0 Å². The zero-order valence-electron chi connectivity index (χ0n) is 9.10. The molecule has 0 fully saturated rings. The number of hydrogen-bond donors (Lipinski definition) is 2. The molecule has 1 aromatic carbocycles. The van der Waals surface area contributed by atoms with Crippen LogP contribution < -0.4 is 5.73 Å². The van der Waals surface area contributed by atoms with Gasteiger partial charge < -0.3 is 10.8 Å². The average Bonchev–Trinajstić information content (AvgIpc) is 2.85. The fourth-order valence-corrected chi connectivity index (χ4v) is 2.07. The highest BCUT2D eigenvalue weighted by Gasteiger charge is 2.10. The SMILES string of the molecule is NCC(O)CSc1nnnn1-c1ccccc1. The molecule has 0 bridgehead atoms. The van der Waals surface area contributed by atoms with Gasteiger partial charge in [-0.15, -0.1) is 5.10 Å². The van der Waals surface area contributed by atoms with Crippen LogP contribution >= 0.6 is 11.8 Å². The van der Waals surface area contributed by atoms with E-state index < -0.39 is 6.10 Å². The van der Waals surface area contributed by atoms with Gasteiger partial charge in [0.2, 0.25) is 5.16 Å². The van der Waals surface area contributed by atoms with Crippen LogP contribution in [0.2, 0.25) is 0 Å². The summed E-state index contributed by atoms with van der Waals surface area (Å²) in [4.78, 5) is 0. The molecule has 1 aromatic heterocycles. The molecule has 0 saturated heterocycles. The number of aromatic nitrogens is 4. The molecule has 0 aliphatic carbocycles. The molecule has 1 atom stereocenters. The number of benzene rings is 1. The predicted octanol–water partition coefficient (Wildman–Crippen LogP) is 0.0740. The molecule has 1 unspecified atom stereocenters. The smallest absolute Gasteiger partial charge is 0.214 e. The molecule has 6 nitrogen and oxygen atoms in total. The Morgan fingerprint density at radius 2 is 2.12 bits per heavy atom. The molecule has 0 saturated carbocycles. The van der Waals surface area contributed by atoms with Crippen LogP contribution in [-0.4, -0.2) is 43.7 Å². The highest BCUT2D eigenvalue weighted by Crippen LogP contribution is 2.18. The maximum atomic E-state index is 9.39. The highest BCUT2D eigenvalue weighted by molar-refractivity contribution is 7.99. The van der Waals surface area contributed by atoms with Gasteiger partial charge >= 0.3 is 0 Å². The molecule has 2 rings (SSSR count). The van der Waals surface area contributed by atoms with Crippen LogP contribution in [0.15, 0.2) is 35.5 Å². The number of aliphatic hydroxyl groups is 1. The second-order valence-corrected chi connectivity index (χ2v) is 4.40. The van der Waals surface area contributed by atoms with Crippen molar-refractivity contribution in [1.82, 2.24) is 20.2 Å². The Hall–Kier alpha value is -1.44. The summed E-state index contributed by atoms with van der Waals surface area (Å²) in [6, 6.07) is 9.60. The lowest BCUT2D eigenvalue weighted by molar-refractivity contribution is 0.208. The molecule has 90 valence electrons. The summed E-state index contributed by atoms with van der Waals surface area (Å²) < 4.78 is 1.63. The molecular weight excluding hydrogens is 238 g/mol. The monoisotopic (exact) mass is 251 g/mol. The second-order valence-electron chi connectivity index (χ2n) is 3.41. The van der Waals surface area contributed by atoms with Gasteiger partial charge in [0.1, 0.15) is 0 Å². The van der Waals surface area contributed by atoms with Crippen LogP contribution in [0.3, 0.4) is 0 Å². The predicted molar refractivity (Wildman–Crippen MR) is 64.9 cm³/mol. The molecule has 0 spiro atoms. The normalized spacial score (nSPS) is 12.6. The average molecular weight is 251 g/mol. The van der Waals surface area contributed by atoms with E-state index in [0.717, 1.165) is 5.69 Å². The second kappa shape index (κ2) is 5.76. The summed E-state index contributed by atoms with van der Waals surface area (Å²) in [6.45, 7) is 0.236. The molecule has 7 heteroatoms. The largest absolute Gasteiger partial charge is 0.391 e. The van der Waals surface area contributed by atoms with Gasteiger partial charge in [0.25, 0.3) is 0 Å². The minimum Gasteiger partial charge on any atom is -0.391 e. The molecule has 3 N–H and O–H groups in total. The molecule has 2 aromatic rings. The van der Waals surface area contributed by atoms with E-state index in [2.05, 4.69) is 15.5 Å². The first-order valence-electron chi connectivity index (χ1n) is 5.16. The summed E-state index contributed by atoms with van der Waals surface area (Å²) in [7, 11) is 0. The Bertz CT molecular complexity index is 461. The number of thioether (sulfide) groups is 1. The van der Waals surface area contributed by atoms with Crippen molar-refractivity contribution in [3.05, 3.63) is 30.3 Å². The van der Waals surface area contributed by atoms with E-state index in [4.69, 9.17) is 5.73 Å². The quantitative estimate of drug-likeness (QED) is 0.731. The van der Waals surface area contributed by atoms with Crippen LogP contribution in [0.25, 0.3) is 5.69 Å². The van der Waals surface area contributed by atoms with Gasteiger partial charge in [0, 0.05) is 12.3 Å². The lowest BCUT2D eigenvalue weighted by atomic mass is 10.3. The Labute approximate surface area is 103 Å². The van der Waals surface area contributed by atoms with E-state index in [1.807, 2.05) is 30.3 Å². The van der Waals surface area contributed by atoms with Crippen LogP contribution in [0.1, 0.15) is 0 Å². The van der Waals surface area contributed by atoms with E-state index >= 15 is 0 Å². The number of nitrogens with two attached hydrogens (primary N) is 1. The summed E-state index contributed by atoms with van der Waals surface area (Å²) >= 11 is 1.38. The third-order valence-electron chi connectivity index (χ3n) is 2.12. The van der Waals surface area contributed by atoms with Gasteiger partial charge in [-0.3, -0.25) is 0 Å². The molecule has 0 aliphatic rings. The van der Waals surface area contributed by atoms with Crippen LogP contribution in [-0.2, 0) is 0 Å². The number of para-hydroxylation sites is 1. The van der Waals surface area contributed by atoms with E-state index in [-0.39, 0.29) is 6.54 Å². The molecule has 0 amide bonds. The van der Waals surface area contributed by atoms with Crippen molar-refractivity contribution in [2.75, 3.05) is 12.3 Å². The van der Waals surface area contributed by atoms with Crippen LogP contribution in [0.4, 0.5) is 0 Å². The van der Waals surface area contributed by atoms with E-state index in [0.29, 0.717) is 10.9 Å². The number of aliphatic hydroxyl groups excluding tert-OH is 1. The first-order chi connectivity index (χ1) is 8.31. The molecular formula is C10H13N5OS. The number of hydrogen-bond acceptors (Lipinski definition) is 6. The Kier molecular flexibility index (Phi) is 4.08. The first kappa shape index (κ1) is 12.0. The summed E-state index contributed by atoms with van der Waals surface area (Å²) in [6.07, 6.45) is -0.541. The summed E-state index contributed by atoms with van der Waals surface area (Å²) in [5.41, 5.74) is 6.23. The van der Waals surface area contributed by atoms with Crippen molar-refractivity contribution in [1.29, 1.82) is 0 Å². The number of tetrazole rings is 1. The number of rotatable bonds is 5. The Morgan fingerprint density at radius 3 is 2.82 bits per heavy atom. The minimum atomic E-state index is -0.541. The Balaban J connectivity index is 2.12. The van der Waals surface area contributed by atoms with E-state index in [9.17, 15) is 5.11 Å². The molecule has 17 heavy (non-hydrogen) atoms. The van der Waals surface area contributed by atoms with Crippen molar-refractivity contribution >= 4 is 11.8 Å². The van der Waals surface area contributed by atoms with Crippen molar-refractivity contribution in [3.63, 3.8) is 0 Å². The lowest BCUT2D eigenvalue weighted by Crippen LogP contribution is -2.22. The van der Waals surface area contributed by atoms with Crippen molar-refractivity contribution in [2.45, 2.75) is 11.3 Å². The number of nitrogens with zero attached hydrogens (tertiary/aromatic N) is 4. The molecule has 0 aliphatic heterocycles. The zero-order valence-corrected chi connectivity index (χ0v) is 9.92. The zero-order chi connectivity index (χ0) is 12.1. The van der Waals surface area contributed by atoms with Gasteiger partial charge in [-0.05, 0) is 22.6 Å². The van der Waals surface area contributed by atoms with Crippen molar-refractivity contribution < 1.29 is 5.11 Å². The topological polar surface area (TPSA) is 89.8 Å². The molecule has 1 heterocycles. The minimum absolute atomic E-state index is 0.236. The van der Waals surface area contributed by atoms with Gasteiger partial charge in [-0.2, -0.15) is 4.68 Å². The van der Waals surface area contributed by atoms with Crippen LogP contribution in [0.5, 0.6) is 0 Å². The van der Waals surface area contributed by atoms with Crippen molar-refractivity contribution in [3.8, 4) is 5.69 Å². The maximum Gasteiger partial charge on any atom is 0.214 e. The van der Waals surface area contributed by atoms with Crippen LogP contribution in [0, 0.1) is 0 Å². The fraction of sp³-hybridized carbons (Fsp3) is 0.300. The lowest BCUT2D eigenvalue weighted by Gasteiger charge is -2.06. The van der Waals surface area contributed by atoms with E-state index in [1.54, 1.807) is 4.68 Å². The Morgan fingerprint density at radius 1 is 1.35 bits per heavy atom. The van der Waals surface area contributed by atoms with Gasteiger partial charge in [-0.25, -0.2) is 0 Å². The first-order valence-corrected chi connectivity index (χ1v) is 6.14. The van der Waals surface area contributed by atoms with Crippen molar-refractivity contribution in [2.24, 2.45) is 5.73 Å². The van der Waals surface area contributed by atoms with Gasteiger partial charge in [0.15, 0.2) is 0 Å². The molecule has 0 radical (unpaired) electrons. The standard InChI is InChI=1S/C10H13N5OS/c11-6-9(16)7-17-10-12-13-14-15(10)8-4-2-1-3-5-8/h1-5,9,16H,6-7,11H2. The fourth-order valence-electron chi connectivity index (χ4n) is 1.24. The maximum absolute atomic E-state index is 9.39. The van der Waals surface area contributed by atoms with Gasteiger partial charge in [0.05, 0.1) is 11.8 Å². The third kappa shape index (κ3) is 3.02. The highest BCUT2D eigenvalue weighted by atomic mass is 32.2. The summed E-state index contributed by atoms with van der Waals surface area (Å²) in [5, 5.41) is 21.5. The summed E-state index contributed by atoms with van der Waals surface area (Å²) in [5.74, 6) is 0.476. The van der Waals surface area contributed by atoms with E-state index in [1.165, 1.54) is 11.8 Å². The third-order valence-corrected chi connectivity index (χ3v) is 3.18.